The molecule has 0 aromatic carbocycles. The van der Waals surface area contributed by atoms with Gasteiger partial charge < -0.3 is 10.5 Å². The lowest BCUT2D eigenvalue weighted by atomic mass is 10.3. The van der Waals surface area contributed by atoms with Gasteiger partial charge in [0.25, 0.3) is 0 Å². The monoisotopic (exact) mass is 186 g/mol. The van der Waals surface area contributed by atoms with Gasteiger partial charge in [0.2, 0.25) is 0 Å². The van der Waals surface area contributed by atoms with E-state index in [9.17, 15) is 0 Å². The zero-order valence-corrected chi connectivity index (χ0v) is 8.23. The molecule has 1 heterocycles. The van der Waals surface area contributed by atoms with E-state index < -0.39 is 0 Å². The number of ether oxygens (including phenoxy) is 1. The van der Waals surface area contributed by atoms with E-state index in [-0.39, 0.29) is 6.04 Å². The highest BCUT2D eigenvalue weighted by Gasteiger charge is 2.08. The first kappa shape index (κ1) is 9.64. The van der Waals surface area contributed by atoms with Crippen molar-refractivity contribution in [3.8, 4) is 0 Å². The molecular weight excluding hydrogens is 172 g/mol. The Balaban J connectivity index is 2.47. The summed E-state index contributed by atoms with van der Waals surface area (Å²) >= 11 is 1.63. The molecule has 1 rings (SSSR count). The van der Waals surface area contributed by atoms with Gasteiger partial charge in [-0.2, -0.15) is 0 Å². The Bertz CT molecular complexity index is 237. The molecule has 68 valence electrons. The third kappa shape index (κ3) is 2.55. The van der Waals surface area contributed by atoms with Crippen LogP contribution in [0.2, 0.25) is 0 Å². The number of hydrogen-bond acceptors (Lipinski definition) is 4. The van der Waals surface area contributed by atoms with Crippen LogP contribution in [-0.4, -0.2) is 18.2 Å². The second-order valence-electron chi connectivity index (χ2n) is 2.55. The van der Waals surface area contributed by atoms with Crippen molar-refractivity contribution in [3.05, 3.63) is 16.1 Å². The summed E-state index contributed by atoms with van der Waals surface area (Å²) in [5.41, 5.74) is 5.84. The Labute approximate surface area is 76.6 Å². The molecule has 0 fully saturated rings. The summed E-state index contributed by atoms with van der Waals surface area (Å²) in [4.78, 5) is 5.23. The van der Waals surface area contributed by atoms with Crippen molar-refractivity contribution < 1.29 is 4.74 Å². The fourth-order valence-corrected chi connectivity index (χ4v) is 1.65. The largest absolute Gasteiger partial charge is 0.380 e. The molecule has 0 aliphatic carbocycles. The van der Waals surface area contributed by atoms with Crippen molar-refractivity contribution in [1.29, 1.82) is 0 Å². The van der Waals surface area contributed by atoms with Crippen LogP contribution in [0.25, 0.3) is 0 Å². The topological polar surface area (TPSA) is 48.1 Å². The van der Waals surface area contributed by atoms with Gasteiger partial charge in [-0.15, -0.1) is 11.3 Å². The number of aryl methyl sites for hydroxylation is 1. The highest BCUT2D eigenvalue weighted by atomic mass is 32.1. The van der Waals surface area contributed by atoms with Crippen LogP contribution in [0.15, 0.2) is 6.20 Å². The Morgan fingerprint density at radius 2 is 2.50 bits per heavy atom. The molecule has 0 aliphatic rings. The number of thiazole rings is 1. The van der Waals surface area contributed by atoms with E-state index in [1.165, 1.54) is 0 Å². The molecule has 0 saturated heterocycles. The lowest BCUT2D eigenvalue weighted by Gasteiger charge is -2.07. The number of hydrogen-bond donors (Lipinski definition) is 1. The Morgan fingerprint density at radius 1 is 1.75 bits per heavy atom. The summed E-state index contributed by atoms with van der Waals surface area (Å²) in [6.07, 6.45) is 1.82. The number of rotatable bonds is 4. The molecule has 2 N–H and O–H groups in total. The number of aromatic nitrogens is 1. The summed E-state index contributed by atoms with van der Waals surface area (Å²) in [6, 6.07) is -0.0175. The van der Waals surface area contributed by atoms with Gasteiger partial charge in [-0.25, -0.2) is 4.98 Å². The maximum absolute atomic E-state index is 5.84. The molecule has 0 aliphatic heterocycles. The molecule has 1 aromatic rings. The molecule has 3 nitrogen and oxygen atoms in total. The van der Waals surface area contributed by atoms with E-state index in [1.807, 2.05) is 20.0 Å². The predicted octanol–water partition coefficient (Wildman–Crippen LogP) is 1.49. The van der Waals surface area contributed by atoms with Crippen molar-refractivity contribution in [2.45, 2.75) is 19.9 Å². The predicted molar refractivity (Wildman–Crippen MR) is 50.3 cm³/mol. The van der Waals surface area contributed by atoms with Crippen LogP contribution in [0.3, 0.4) is 0 Å². The number of nitrogens with two attached hydrogens (primary N) is 1. The molecule has 0 bridgehead atoms. The minimum absolute atomic E-state index is 0.0175. The molecule has 12 heavy (non-hydrogen) atoms. The first-order chi connectivity index (χ1) is 5.74. The van der Waals surface area contributed by atoms with Gasteiger partial charge in [0.05, 0.1) is 17.7 Å². The van der Waals surface area contributed by atoms with E-state index in [2.05, 4.69) is 4.98 Å². The lowest BCUT2D eigenvalue weighted by Crippen LogP contribution is -2.15. The maximum atomic E-state index is 5.84. The standard InChI is InChI=1S/C8H14N2OS/c1-3-11-5-7(9)8-4-10-6(2)12-8/h4,7H,3,5,9H2,1-2H3. The minimum Gasteiger partial charge on any atom is -0.380 e. The van der Waals surface area contributed by atoms with Crippen molar-refractivity contribution in [1.82, 2.24) is 4.98 Å². The molecule has 1 aromatic heterocycles. The zero-order valence-electron chi connectivity index (χ0n) is 7.41. The first-order valence-electron chi connectivity index (χ1n) is 3.99. The summed E-state index contributed by atoms with van der Waals surface area (Å²) in [7, 11) is 0. The van der Waals surface area contributed by atoms with E-state index >= 15 is 0 Å². The average Bonchev–Trinajstić information content (AvgIpc) is 2.47. The van der Waals surface area contributed by atoms with Crippen molar-refractivity contribution in [2.75, 3.05) is 13.2 Å². The second kappa shape index (κ2) is 4.54. The first-order valence-corrected chi connectivity index (χ1v) is 4.81. The smallest absolute Gasteiger partial charge is 0.0897 e. The van der Waals surface area contributed by atoms with Gasteiger partial charge >= 0.3 is 0 Å². The van der Waals surface area contributed by atoms with Crippen LogP contribution in [0.4, 0.5) is 0 Å². The molecular formula is C8H14N2OS. The third-order valence-corrected chi connectivity index (χ3v) is 2.55. The van der Waals surface area contributed by atoms with Crippen LogP contribution in [0.5, 0.6) is 0 Å². The van der Waals surface area contributed by atoms with E-state index in [4.69, 9.17) is 10.5 Å². The van der Waals surface area contributed by atoms with Crippen molar-refractivity contribution >= 4 is 11.3 Å². The molecule has 0 amide bonds. The van der Waals surface area contributed by atoms with Gasteiger partial charge in [-0.3, -0.25) is 0 Å². The van der Waals surface area contributed by atoms with Crippen LogP contribution >= 0.6 is 11.3 Å². The quantitative estimate of drug-likeness (QED) is 0.775. The van der Waals surface area contributed by atoms with E-state index in [1.54, 1.807) is 11.3 Å². The summed E-state index contributed by atoms with van der Waals surface area (Å²) in [5.74, 6) is 0. The highest BCUT2D eigenvalue weighted by molar-refractivity contribution is 7.11. The van der Waals surface area contributed by atoms with Gasteiger partial charge in [-0.1, -0.05) is 0 Å². The van der Waals surface area contributed by atoms with Gasteiger partial charge in [0, 0.05) is 17.7 Å². The molecule has 0 saturated carbocycles. The van der Waals surface area contributed by atoms with Crippen LogP contribution in [0, 0.1) is 6.92 Å². The zero-order chi connectivity index (χ0) is 8.97. The molecule has 4 heteroatoms. The third-order valence-electron chi connectivity index (χ3n) is 1.51. The van der Waals surface area contributed by atoms with Gasteiger partial charge in [0.15, 0.2) is 0 Å². The van der Waals surface area contributed by atoms with E-state index in [0.29, 0.717) is 13.2 Å². The molecule has 0 spiro atoms. The molecule has 1 atom stereocenters. The Morgan fingerprint density at radius 3 is 3.00 bits per heavy atom. The summed E-state index contributed by atoms with van der Waals surface area (Å²) in [5, 5.41) is 1.05. The molecule has 1 unspecified atom stereocenters. The highest BCUT2D eigenvalue weighted by Crippen LogP contribution is 2.18. The fourth-order valence-electron chi connectivity index (χ4n) is 0.876. The van der Waals surface area contributed by atoms with Crippen LogP contribution in [-0.2, 0) is 4.74 Å². The SMILES string of the molecule is CCOCC(N)c1cnc(C)s1. The summed E-state index contributed by atoms with van der Waals surface area (Å²) < 4.78 is 5.21. The Hall–Kier alpha value is -0.450. The van der Waals surface area contributed by atoms with Crippen LogP contribution < -0.4 is 5.73 Å². The van der Waals surface area contributed by atoms with Gasteiger partial charge in [0.1, 0.15) is 0 Å². The maximum Gasteiger partial charge on any atom is 0.0897 e. The molecule has 0 radical (unpaired) electrons. The minimum atomic E-state index is -0.0175. The van der Waals surface area contributed by atoms with E-state index in [0.717, 1.165) is 9.88 Å². The van der Waals surface area contributed by atoms with Gasteiger partial charge in [-0.05, 0) is 13.8 Å². The Kier molecular flexibility index (Phi) is 3.65. The second-order valence-corrected chi connectivity index (χ2v) is 3.81. The van der Waals surface area contributed by atoms with Crippen molar-refractivity contribution in [3.63, 3.8) is 0 Å². The normalized spacial score (nSPS) is 13.2. The fraction of sp³-hybridized carbons (Fsp3) is 0.625. The van der Waals surface area contributed by atoms with Crippen molar-refractivity contribution in [2.24, 2.45) is 5.73 Å². The van der Waals surface area contributed by atoms with Crippen LogP contribution in [0.1, 0.15) is 22.9 Å². The lowest BCUT2D eigenvalue weighted by molar-refractivity contribution is 0.134. The number of nitrogens with zero attached hydrogens (tertiary/aromatic N) is 1. The summed E-state index contributed by atoms with van der Waals surface area (Å²) in [6.45, 7) is 5.23. The average molecular weight is 186 g/mol.